The molecule has 13 heavy (non-hydrogen) atoms. The van der Waals surface area contributed by atoms with Crippen molar-refractivity contribution in [2.45, 2.75) is 41.5 Å². The van der Waals surface area contributed by atoms with Crippen LogP contribution in [-0.4, -0.2) is 0 Å². The summed E-state index contributed by atoms with van der Waals surface area (Å²) in [5.74, 6) is 6.05. The van der Waals surface area contributed by atoms with Gasteiger partial charge in [0.05, 0.1) is 0 Å². The fourth-order valence-electron chi connectivity index (χ4n) is 3.11. The summed E-state index contributed by atoms with van der Waals surface area (Å²) in [4.78, 5) is 0. The van der Waals surface area contributed by atoms with Crippen molar-refractivity contribution in [3.05, 3.63) is 5.92 Å². The van der Waals surface area contributed by atoms with Crippen LogP contribution in [0.1, 0.15) is 41.5 Å². The summed E-state index contributed by atoms with van der Waals surface area (Å²) < 4.78 is 0. The van der Waals surface area contributed by atoms with Gasteiger partial charge in [0.2, 0.25) is 0 Å². The van der Waals surface area contributed by atoms with Gasteiger partial charge in [-0.2, -0.15) is 18.8 Å². The van der Waals surface area contributed by atoms with Gasteiger partial charge in [-0.25, -0.2) is 0 Å². The summed E-state index contributed by atoms with van der Waals surface area (Å²) in [5.41, 5.74) is 0. The van der Waals surface area contributed by atoms with Gasteiger partial charge < -0.3 is 5.92 Å². The van der Waals surface area contributed by atoms with Gasteiger partial charge in [-0.05, 0) is 5.92 Å². The molecule has 0 nitrogen and oxygen atoms in total. The minimum atomic E-state index is 0. The van der Waals surface area contributed by atoms with E-state index in [2.05, 4.69) is 41.5 Å². The summed E-state index contributed by atoms with van der Waals surface area (Å²) in [5, 5.41) is 0. The molecule has 1 saturated carbocycles. The Balaban J connectivity index is 0.00000144. The molecule has 0 spiro atoms. The van der Waals surface area contributed by atoms with Crippen molar-refractivity contribution in [1.29, 1.82) is 0 Å². The van der Waals surface area contributed by atoms with Crippen molar-refractivity contribution in [1.82, 2.24) is 0 Å². The first kappa shape index (κ1) is 13.6. The molecule has 0 saturated heterocycles. The van der Waals surface area contributed by atoms with E-state index in [1.807, 2.05) is 0 Å². The molecule has 1 heteroatoms. The molecule has 1 aliphatic rings. The normalized spacial score (nSPS) is 40.8. The summed E-state index contributed by atoms with van der Waals surface area (Å²) in [7, 11) is 0. The van der Waals surface area contributed by atoms with Gasteiger partial charge >= 0.3 is 18.9 Å². The molecule has 0 aliphatic heterocycles. The van der Waals surface area contributed by atoms with E-state index in [1.165, 1.54) is 0 Å². The van der Waals surface area contributed by atoms with Crippen LogP contribution in [0.2, 0.25) is 0 Å². The van der Waals surface area contributed by atoms with Crippen molar-refractivity contribution in [2.24, 2.45) is 29.6 Å². The van der Waals surface area contributed by atoms with E-state index >= 15 is 0 Å². The van der Waals surface area contributed by atoms with Gasteiger partial charge in [-0.1, -0.05) is 46.5 Å². The minimum Gasteiger partial charge on any atom is -0.311 e. The van der Waals surface area contributed by atoms with Gasteiger partial charge in [0.15, 0.2) is 0 Å². The molecular weight excluding hydrogens is 151 g/mol. The molecule has 4 unspecified atom stereocenters. The number of rotatable bonds is 1. The third-order valence-electron chi connectivity index (χ3n) is 4.18. The van der Waals surface area contributed by atoms with Crippen LogP contribution >= 0.6 is 0 Å². The summed E-state index contributed by atoms with van der Waals surface area (Å²) in [6.45, 7) is 14.3. The first-order valence-corrected chi connectivity index (χ1v) is 5.30. The molecule has 4 atom stereocenters. The van der Waals surface area contributed by atoms with Crippen molar-refractivity contribution in [2.75, 3.05) is 0 Å². The second-order valence-corrected chi connectivity index (χ2v) is 5.00. The molecule has 0 aromatic carbocycles. The Bertz CT molecular complexity index is 139. The summed E-state index contributed by atoms with van der Waals surface area (Å²) in [6, 6.07) is 0. The Hall–Kier alpha value is 0.597. The Morgan fingerprint density at radius 1 is 1.00 bits per heavy atom. The van der Waals surface area contributed by atoms with Crippen molar-refractivity contribution in [3.8, 4) is 0 Å². The molecule has 0 amide bonds. The minimum absolute atomic E-state index is 0. The maximum Gasteiger partial charge on any atom is 1.00 e. The predicted molar refractivity (Wildman–Crippen MR) is 54.7 cm³/mol. The number of hydrogen-bond acceptors (Lipinski definition) is 0. The molecule has 0 radical (unpaired) electrons. The molecule has 0 aromatic heterocycles. The van der Waals surface area contributed by atoms with Gasteiger partial charge in [0.25, 0.3) is 0 Å². The first-order valence-electron chi connectivity index (χ1n) is 5.30. The van der Waals surface area contributed by atoms with E-state index in [0.717, 1.165) is 29.6 Å². The molecule has 0 aromatic rings. The molecule has 0 heterocycles. The van der Waals surface area contributed by atoms with Gasteiger partial charge in [-0.15, -0.1) is 0 Å². The molecule has 1 aliphatic carbocycles. The largest absolute Gasteiger partial charge is 1.00 e. The first-order chi connectivity index (χ1) is 5.46. The van der Waals surface area contributed by atoms with Crippen LogP contribution in [0.4, 0.5) is 0 Å². The van der Waals surface area contributed by atoms with E-state index in [1.54, 1.807) is 5.92 Å². The topological polar surface area (TPSA) is 0 Å². The zero-order chi connectivity index (χ0) is 9.46. The zero-order valence-electron chi connectivity index (χ0n) is 10.4. The van der Waals surface area contributed by atoms with Crippen LogP contribution in [0, 0.1) is 35.5 Å². The van der Waals surface area contributed by atoms with Crippen LogP contribution in [0.15, 0.2) is 0 Å². The molecule has 1 fully saturated rings. The third kappa shape index (κ3) is 2.34. The van der Waals surface area contributed by atoms with Gasteiger partial charge in [0, 0.05) is 0 Å². The Morgan fingerprint density at radius 2 is 1.46 bits per heavy atom. The Kier molecular flexibility index (Phi) is 5.12. The van der Waals surface area contributed by atoms with Crippen LogP contribution < -0.4 is 18.9 Å². The van der Waals surface area contributed by atoms with Crippen molar-refractivity contribution >= 4 is 0 Å². The average Bonchev–Trinajstić information content (AvgIpc) is 2.16. The monoisotopic (exact) mass is 174 g/mol. The van der Waals surface area contributed by atoms with Crippen molar-refractivity contribution in [3.63, 3.8) is 0 Å². The van der Waals surface area contributed by atoms with Crippen LogP contribution in [0.3, 0.4) is 0 Å². The van der Waals surface area contributed by atoms with Gasteiger partial charge in [0.1, 0.15) is 0 Å². The standard InChI is InChI=1S/C12H23.Li/c1-7(2)12-10(5)8(3)9(4)11(12)6;/h7-8,10-12H,1-6H3;/q-1;+1. The molecule has 1 rings (SSSR count). The smallest absolute Gasteiger partial charge is 0.311 e. The Labute approximate surface area is 96.0 Å². The SMILES string of the molecule is C[C-]1C(C)C(C)C(C(C)C)C1C.[Li+]. The van der Waals surface area contributed by atoms with E-state index in [0.29, 0.717) is 0 Å². The zero-order valence-corrected chi connectivity index (χ0v) is 10.4. The maximum absolute atomic E-state index is 2.42. The van der Waals surface area contributed by atoms with Crippen molar-refractivity contribution < 1.29 is 18.9 Å². The van der Waals surface area contributed by atoms with E-state index in [9.17, 15) is 0 Å². The van der Waals surface area contributed by atoms with Crippen LogP contribution in [0.25, 0.3) is 0 Å². The van der Waals surface area contributed by atoms with E-state index in [-0.39, 0.29) is 18.9 Å². The fraction of sp³-hybridized carbons (Fsp3) is 0.917. The summed E-state index contributed by atoms with van der Waals surface area (Å²) >= 11 is 0. The fourth-order valence-corrected chi connectivity index (χ4v) is 3.11. The van der Waals surface area contributed by atoms with E-state index in [4.69, 9.17) is 0 Å². The third-order valence-corrected chi connectivity index (χ3v) is 4.18. The molecule has 0 N–H and O–H groups in total. The second-order valence-electron chi connectivity index (χ2n) is 5.00. The van der Waals surface area contributed by atoms with Gasteiger partial charge in [-0.3, -0.25) is 0 Å². The molecular formula is C12H23Li. The maximum atomic E-state index is 2.42. The number of hydrogen-bond donors (Lipinski definition) is 0. The van der Waals surface area contributed by atoms with E-state index < -0.39 is 0 Å². The summed E-state index contributed by atoms with van der Waals surface area (Å²) in [6.07, 6.45) is 0. The van der Waals surface area contributed by atoms with Crippen LogP contribution in [-0.2, 0) is 0 Å². The predicted octanol–water partition coefficient (Wildman–Crippen LogP) is 0.779. The quantitative estimate of drug-likeness (QED) is 0.407. The molecule has 72 valence electrons. The van der Waals surface area contributed by atoms with Crippen LogP contribution in [0.5, 0.6) is 0 Å². The average molecular weight is 174 g/mol. The Morgan fingerprint density at radius 3 is 1.62 bits per heavy atom. The molecule has 0 bridgehead atoms. The second kappa shape index (κ2) is 4.90.